The van der Waals surface area contributed by atoms with Gasteiger partial charge in [-0.25, -0.2) is 0 Å². The third kappa shape index (κ3) is 6.84. The molecule has 2 aromatic rings. The Bertz CT molecular complexity index is 892. The van der Waals surface area contributed by atoms with Crippen LogP contribution in [-0.2, 0) is 19.1 Å². The molecule has 1 aliphatic rings. The van der Waals surface area contributed by atoms with Gasteiger partial charge in [0.2, 0.25) is 5.91 Å². The summed E-state index contributed by atoms with van der Waals surface area (Å²) in [5, 5.41) is 2.91. The van der Waals surface area contributed by atoms with Crippen molar-refractivity contribution in [1.82, 2.24) is 4.90 Å². The van der Waals surface area contributed by atoms with Gasteiger partial charge in [-0.05, 0) is 43.5 Å². The molecular weight excluding hydrogens is 396 g/mol. The predicted molar refractivity (Wildman–Crippen MR) is 117 cm³/mol. The first kappa shape index (κ1) is 22.3. The van der Waals surface area contributed by atoms with Crippen LogP contribution in [0.2, 0.25) is 0 Å². The van der Waals surface area contributed by atoms with E-state index in [2.05, 4.69) is 5.32 Å². The standard InChI is InChI=1S/C24H28N2O5/c1-18-7-5-6-10-21(18)30-16-13-23(28)31-17-22(27)26-14-11-19(12-15-26)24(29)25-20-8-3-2-4-9-20/h2-10,19H,11-17H2,1H3,(H,25,29). The lowest BCUT2D eigenvalue weighted by molar-refractivity contribution is -0.153. The number of hydrogen-bond donors (Lipinski definition) is 1. The average Bonchev–Trinajstić information content (AvgIpc) is 2.79. The lowest BCUT2D eigenvalue weighted by Crippen LogP contribution is -2.43. The van der Waals surface area contributed by atoms with E-state index in [1.165, 1.54) is 0 Å². The number of nitrogens with one attached hydrogen (secondary N) is 1. The SMILES string of the molecule is Cc1ccccc1OCCC(=O)OCC(=O)N1CCC(C(=O)Nc2ccccc2)CC1. The molecule has 2 aromatic carbocycles. The van der Waals surface area contributed by atoms with E-state index in [0.29, 0.717) is 25.9 Å². The number of esters is 1. The number of amides is 2. The number of aryl methyl sites for hydroxylation is 1. The Balaban J connectivity index is 1.32. The van der Waals surface area contributed by atoms with Crippen LogP contribution in [0.4, 0.5) is 5.69 Å². The number of para-hydroxylation sites is 2. The van der Waals surface area contributed by atoms with Crippen molar-refractivity contribution in [2.45, 2.75) is 26.2 Å². The van der Waals surface area contributed by atoms with E-state index in [4.69, 9.17) is 9.47 Å². The highest BCUT2D eigenvalue weighted by Gasteiger charge is 2.27. The van der Waals surface area contributed by atoms with E-state index < -0.39 is 5.97 Å². The fraction of sp³-hybridized carbons (Fsp3) is 0.375. The summed E-state index contributed by atoms with van der Waals surface area (Å²) >= 11 is 0. The molecule has 7 heteroatoms. The highest BCUT2D eigenvalue weighted by Crippen LogP contribution is 2.20. The van der Waals surface area contributed by atoms with Crippen LogP contribution in [-0.4, -0.2) is 49.0 Å². The average molecular weight is 424 g/mol. The fourth-order valence-electron chi connectivity index (χ4n) is 3.43. The van der Waals surface area contributed by atoms with Gasteiger partial charge in [-0.3, -0.25) is 14.4 Å². The fourth-order valence-corrected chi connectivity index (χ4v) is 3.43. The maximum absolute atomic E-state index is 12.4. The number of rotatable bonds is 8. The van der Waals surface area contributed by atoms with Crippen molar-refractivity contribution in [2.24, 2.45) is 5.92 Å². The van der Waals surface area contributed by atoms with Crippen LogP contribution >= 0.6 is 0 Å². The molecule has 1 aliphatic heterocycles. The van der Waals surface area contributed by atoms with Gasteiger partial charge in [-0.1, -0.05) is 36.4 Å². The third-order valence-corrected chi connectivity index (χ3v) is 5.27. The van der Waals surface area contributed by atoms with Crippen molar-refractivity contribution >= 4 is 23.5 Å². The van der Waals surface area contributed by atoms with Gasteiger partial charge in [0, 0.05) is 24.7 Å². The Morgan fingerprint density at radius 2 is 1.68 bits per heavy atom. The molecule has 0 spiro atoms. The Labute approximate surface area is 182 Å². The zero-order valence-electron chi connectivity index (χ0n) is 17.7. The van der Waals surface area contributed by atoms with Crippen molar-refractivity contribution in [3.63, 3.8) is 0 Å². The lowest BCUT2D eigenvalue weighted by atomic mass is 9.95. The molecule has 1 saturated heterocycles. The van der Waals surface area contributed by atoms with Crippen molar-refractivity contribution in [3.05, 3.63) is 60.2 Å². The Morgan fingerprint density at radius 3 is 2.39 bits per heavy atom. The summed E-state index contributed by atoms with van der Waals surface area (Å²) in [5.74, 6) is -0.150. The van der Waals surface area contributed by atoms with Crippen LogP contribution in [0.5, 0.6) is 5.75 Å². The smallest absolute Gasteiger partial charge is 0.309 e. The van der Waals surface area contributed by atoms with Crippen LogP contribution in [0.15, 0.2) is 54.6 Å². The molecule has 0 radical (unpaired) electrons. The number of carbonyl (C=O) groups excluding carboxylic acids is 3. The molecule has 0 unspecified atom stereocenters. The number of ether oxygens (including phenoxy) is 2. The lowest BCUT2D eigenvalue weighted by Gasteiger charge is -2.31. The zero-order chi connectivity index (χ0) is 22.1. The van der Waals surface area contributed by atoms with Gasteiger partial charge in [-0.2, -0.15) is 0 Å². The zero-order valence-corrected chi connectivity index (χ0v) is 17.7. The molecule has 1 fully saturated rings. The molecule has 0 aliphatic carbocycles. The summed E-state index contributed by atoms with van der Waals surface area (Å²) in [5.41, 5.74) is 1.76. The first-order chi connectivity index (χ1) is 15.0. The van der Waals surface area contributed by atoms with Gasteiger partial charge in [0.05, 0.1) is 13.0 Å². The number of hydrogen-bond acceptors (Lipinski definition) is 5. The molecule has 0 atom stereocenters. The van der Waals surface area contributed by atoms with Gasteiger partial charge in [0.25, 0.3) is 5.91 Å². The molecule has 0 aromatic heterocycles. The van der Waals surface area contributed by atoms with E-state index in [0.717, 1.165) is 17.0 Å². The third-order valence-electron chi connectivity index (χ3n) is 5.27. The van der Waals surface area contributed by atoms with Crippen molar-refractivity contribution in [2.75, 3.05) is 31.6 Å². The van der Waals surface area contributed by atoms with Gasteiger partial charge < -0.3 is 19.7 Å². The van der Waals surface area contributed by atoms with Crippen LogP contribution in [0.1, 0.15) is 24.8 Å². The molecule has 1 heterocycles. The number of likely N-dealkylation sites (tertiary alicyclic amines) is 1. The van der Waals surface area contributed by atoms with Crippen molar-refractivity contribution in [3.8, 4) is 5.75 Å². The molecule has 164 valence electrons. The molecule has 7 nitrogen and oxygen atoms in total. The second-order valence-electron chi connectivity index (χ2n) is 7.53. The summed E-state index contributed by atoms with van der Waals surface area (Å²) in [6, 6.07) is 16.9. The molecule has 2 amide bonds. The Kier molecular flexibility index (Phi) is 8.04. The molecular formula is C24H28N2O5. The van der Waals surface area contributed by atoms with E-state index in [1.54, 1.807) is 4.90 Å². The van der Waals surface area contributed by atoms with E-state index in [1.807, 2.05) is 61.5 Å². The summed E-state index contributed by atoms with van der Waals surface area (Å²) in [6.07, 6.45) is 1.24. The van der Waals surface area contributed by atoms with Crippen LogP contribution in [0.25, 0.3) is 0 Å². The second-order valence-corrected chi connectivity index (χ2v) is 7.53. The van der Waals surface area contributed by atoms with Gasteiger partial charge >= 0.3 is 5.97 Å². The second kappa shape index (κ2) is 11.2. The maximum Gasteiger partial charge on any atom is 0.309 e. The summed E-state index contributed by atoms with van der Waals surface area (Å²) < 4.78 is 10.7. The Morgan fingerprint density at radius 1 is 1.00 bits per heavy atom. The van der Waals surface area contributed by atoms with Crippen molar-refractivity contribution in [1.29, 1.82) is 0 Å². The minimum absolute atomic E-state index is 0.0293. The van der Waals surface area contributed by atoms with Gasteiger partial charge in [0.15, 0.2) is 6.61 Å². The highest BCUT2D eigenvalue weighted by atomic mass is 16.5. The summed E-state index contributed by atoms with van der Waals surface area (Å²) in [4.78, 5) is 38.3. The van der Waals surface area contributed by atoms with Crippen LogP contribution in [0.3, 0.4) is 0 Å². The molecule has 0 saturated carbocycles. The minimum atomic E-state index is -0.473. The molecule has 31 heavy (non-hydrogen) atoms. The van der Waals surface area contributed by atoms with Gasteiger partial charge in [0.1, 0.15) is 5.75 Å². The number of benzene rings is 2. The van der Waals surface area contributed by atoms with E-state index >= 15 is 0 Å². The number of nitrogens with zero attached hydrogens (tertiary/aromatic N) is 1. The largest absolute Gasteiger partial charge is 0.493 e. The molecule has 0 bridgehead atoms. The summed E-state index contributed by atoms with van der Waals surface area (Å²) in [6.45, 7) is 2.78. The number of carbonyl (C=O) groups is 3. The first-order valence-electron chi connectivity index (χ1n) is 10.5. The normalized spacial score (nSPS) is 14.0. The van der Waals surface area contributed by atoms with Crippen molar-refractivity contribution < 1.29 is 23.9 Å². The molecule has 1 N–H and O–H groups in total. The van der Waals surface area contributed by atoms with E-state index in [9.17, 15) is 14.4 Å². The number of piperidine rings is 1. The first-order valence-corrected chi connectivity index (χ1v) is 10.5. The maximum atomic E-state index is 12.4. The molecule has 3 rings (SSSR count). The van der Waals surface area contributed by atoms with Crippen LogP contribution < -0.4 is 10.1 Å². The summed E-state index contributed by atoms with van der Waals surface area (Å²) in [7, 11) is 0. The predicted octanol–water partition coefficient (Wildman–Crippen LogP) is 3.18. The van der Waals surface area contributed by atoms with E-state index in [-0.39, 0.29) is 37.4 Å². The number of anilines is 1. The quantitative estimate of drug-likeness (QED) is 0.658. The monoisotopic (exact) mass is 424 g/mol. The minimum Gasteiger partial charge on any atom is -0.493 e. The van der Waals surface area contributed by atoms with Gasteiger partial charge in [-0.15, -0.1) is 0 Å². The van der Waals surface area contributed by atoms with Crippen LogP contribution in [0, 0.1) is 12.8 Å². The highest BCUT2D eigenvalue weighted by molar-refractivity contribution is 5.92. The topological polar surface area (TPSA) is 84.9 Å². The Hall–Kier alpha value is -3.35.